The van der Waals surface area contributed by atoms with Crippen LogP contribution in [0.4, 0.5) is 0 Å². The normalized spacial score (nSPS) is 22.0. The van der Waals surface area contributed by atoms with Crippen molar-refractivity contribution < 1.29 is 0 Å². The van der Waals surface area contributed by atoms with E-state index in [2.05, 4.69) is 18.8 Å². The lowest BCUT2D eigenvalue weighted by Gasteiger charge is -2.40. The van der Waals surface area contributed by atoms with Crippen LogP contribution in [0.3, 0.4) is 0 Å². The summed E-state index contributed by atoms with van der Waals surface area (Å²) < 4.78 is 0. The van der Waals surface area contributed by atoms with Gasteiger partial charge in [-0.05, 0) is 24.7 Å². The molecule has 0 spiro atoms. The Kier molecular flexibility index (Phi) is 3.12. The summed E-state index contributed by atoms with van der Waals surface area (Å²) in [7, 11) is 0. The molecule has 70 valence electrons. The largest absolute Gasteiger partial charge is 0.387 e. The van der Waals surface area contributed by atoms with Crippen molar-refractivity contribution in [1.29, 1.82) is 0 Å². The molecular formula is C10H20N2. The Bertz CT molecular complexity index is 163. The molecule has 12 heavy (non-hydrogen) atoms. The van der Waals surface area contributed by atoms with Crippen molar-refractivity contribution in [3.63, 3.8) is 0 Å². The third-order valence-electron chi connectivity index (χ3n) is 3.14. The first-order chi connectivity index (χ1) is 5.72. The molecule has 0 saturated heterocycles. The summed E-state index contributed by atoms with van der Waals surface area (Å²) in [5.41, 5.74) is 6.19. The first-order valence-corrected chi connectivity index (χ1v) is 5.01. The van der Waals surface area contributed by atoms with E-state index in [9.17, 15) is 0 Å². The van der Waals surface area contributed by atoms with E-state index in [0.717, 1.165) is 18.8 Å². The van der Waals surface area contributed by atoms with Crippen LogP contribution in [0, 0.1) is 5.41 Å². The lowest BCUT2D eigenvalue weighted by atomic mass is 9.67. The molecular weight excluding hydrogens is 148 g/mol. The second-order valence-corrected chi connectivity index (χ2v) is 3.87. The van der Waals surface area contributed by atoms with E-state index in [4.69, 9.17) is 5.73 Å². The highest BCUT2D eigenvalue weighted by molar-refractivity contribution is 5.79. The van der Waals surface area contributed by atoms with E-state index in [1.54, 1.807) is 0 Å². The van der Waals surface area contributed by atoms with Crippen LogP contribution in [0.1, 0.15) is 46.0 Å². The van der Waals surface area contributed by atoms with Crippen LogP contribution in [-0.4, -0.2) is 12.4 Å². The molecule has 2 N–H and O–H groups in total. The average molecular weight is 168 g/mol. The minimum atomic E-state index is 0.528. The van der Waals surface area contributed by atoms with Gasteiger partial charge in [0.05, 0.1) is 5.84 Å². The van der Waals surface area contributed by atoms with Crippen LogP contribution in [0.5, 0.6) is 0 Å². The molecule has 1 aliphatic carbocycles. The van der Waals surface area contributed by atoms with Crippen LogP contribution in [0.25, 0.3) is 0 Å². The van der Waals surface area contributed by atoms with Crippen molar-refractivity contribution in [2.45, 2.75) is 46.0 Å². The quantitative estimate of drug-likeness (QED) is 0.508. The van der Waals surface area contributed by atoms with Gasteiger partial charge in [0.1, 0.15) is 0 Å². The number of amidine groups is 1. The van der Waals surface area contributed by atoms with E-state index in [1.165, 1.54) is 25.7 Å². The predicted molar refractivity (Wildman–Crippen MR) is 53.4 cm³/mol. The fourth-order valence-electron chi connectivity index (χ4n) is 1.68. The second-order valence-electron chi connectivity index (χ2n) is 3.87. The van der Waals surface area contributed by atoms with Gasteiger partial charge < -0.3 is 5.73 Å². The zero-order chi connectivity index (χ0) is 9.03. The highest BCUT2D eigenvalue weighted by Crippen LogP contribution is 2.43. The summed E-state index contributed by atoms with van der Waals surface area (Å²) in [5, 5.41) is 0. The van der Waals surface area contributed by atoms with Gasteiger partial charge in [-0.15, -0.1) is 0 Å². The zero-order valence-electron chi connectivity index (χ0n) is 8.27. The summed E-state index contributed by atoms with van der Waals surface area (Å²) in [6.45, 7) is 5.28. The molecule has 1 rings (SSSR count). The van der Waals surface area contributed by atoms with Crippen LogP contribution < -0.4 is 5.73 Å². The van der Waals surface area contributed by atoms with Crippen molar-refractivity contribution in [2.24, 2.45) is 16.1 Å². The standard InChI is InChI=1S/C10H20N2/c1-3-9(11)12-8-10(4-2)6-5-7-10/h3-8H2,1-2H3,(H2,11,12). The minimum Gasteiger partial charge on any atom is -0.387 e. The first kappa shape index (κ1) is 9.56. The maximum Gasteiger partial charge on any atom is 0.0934 e. The maximum absolute atomic E-state index is 5.66. The van der Waals surface area contributed by atoms with Crippen LogP contribution in [0.15, 0.2) is 4.99 Å². The van der Waals surface area contributed by atoms with E-state index in [0.29, 0.717) is 5.41 Å². The Morgan fingerprint density at radius 3 is 2.42 bits per heavy atom. The Morgan fingerprint density at radius 1 is 1.42 bits per heavy atom. The third kappa shape index (κ3) is 1.99. The number of hydrogen-bond donors (Lipinski definition) is 1. The smallest absolute Gasteiger partial charge is 0.0934 e. The fraction of sp³-hybridized carbons (Fsp3) is 0.900. The molecule has 0 aromatic rings. The predicted octanol–water partition coefficient (Wildman–Crippen LogP) is 2.33. The van der Waals surface area contributed by atoms with Gasteiger partial charge in [-0.3, -0.25) is 4.99 Å². The molecule has 2 nitrogen and oxygen atoms in total. The van der Waals surface area contributed by atoms with Gasteiger partial charge >= 0.3 is 0 Å². The van der Waals surface area contributed by atoms with E-state index >= 15 is 0 Å². The molecule has 1 saturated carbocycles. The Balaban J connectivity index is 2.38. The van der Waals surface area contributed by atoms with E-state index < -0.39 is 0 Å². The Labute approximate surface area is 75.3 Å². The molecule has 0 aromatic carbocycles. The molecule has 0 heterocycles. The number of rotatable bonds is 4. The van der Waals surface area contributed by atoms with Gasteiger partial charge in [0, 0.05) is 13.0 Å². The summed E-state index contributed by atoms with van der Waals surface area (Å²) in [4.78, 5) is 4.40. The average Bonchev–Trinajstić information content (AvgIpc) is 2.03. The fourth-order valence-corrected chi connectivity index (χ4v) is 1.68. The summed E-state index contributed by atoms with van der Waals surface area (Å²) in [6.07, 6.45) is 6.23. The van der Waals surface area contributed by atoms with Crippen LogP contribution >= 0.6 is 0 Å². The molecule has 0 unspecified atom stereocenters. The number of nitrogens with zero attached hydrogens (tertiary/aromatic N) is 1. The summed E-state index contributed by atoms with van der Waals surface area (Å²) in [6, 6.07) is 0. The van der Waals surface area contributed by atoms with Crippen LogP contribution in [0.2, 0.25) is 0 Å². The first-order valence-electron chi connectivity index (χ1n) is 5.01. The van der Waals surface area contributed by atoms with Crippen molar-refractivity contribution in [1.82, 2.24) is 0 Å². The molecule has 0 amide bonds. The van der Waals surface area contributed by atoms with Gasteiger partial charge in [-0.25, -0.2) is 0 Å². The Morgan fingerprint density at radius 2 is 2.08 bits per heavy atom. The van der Waals surface area contributed by atoms with Crippen molar-refractivity contribution >= 4 is 5.84 Å². The van der Waals surface area contributed by atoms with Gasteiger partial charge in [0.2, 0.25) is 0 Å². The lowest BCUT2D eigenvalue weighted by Crippen LogP contribution is -2.32. The van der Waals surface area contributed by atoms with Crippen molar-refractivity contribution in [2.75, 3.05) is 6.54 Å². The topological polar surface area (TPSA) is 38.4 Å². The second kappa shape index (κ2) is 3.92. The number of aliphatic imine (C=N–C) groups is 1. The van der Waals surface area contributed by atoms with Crippen LogP contribution in [-0.2, 0) is 0 Å². The van der Waals surface area contributed by atoms with Gasteiger partial charge in [0.25, 0.3) is 0 Å². The van der Waals surface area contributed by atoms with Crippen molar-refractivity contribution in [3.8, 4) is 0 Å². The highest BCUT2D eigenvalue weighted by Gasteiger charge is 2.34. The molecule has 2 heteroatoms. The van der Waals surface area contributed by atoms with Gasteiger partial charge in [0.15, 0.2) is 0 Å². The Hall–Kier alpha value is -0.530. The molecule has 1 aliphatic rings. The van der Waals surface area contributed by atoms with Crippen molar-refractivity contribution in [3.05, 3.63) is 0 Å². The molecule has 1 fully saturated rings. The molecule has 0 radical (unpaired) electrons. The minimum absolute atomic E-state index is 0.528. The number of nitrogens with two attached hydrogens (primary N) is 1. The highest BCUT2D eigenvalue weighted by atomic mass is 14.9. The summed E-state index contributed by atoms with van der Waals surface area (Å²) in [5.74, 6) is 0.815. The molecule has 0 bridgehead atoms. The zero-order valence-corrected chi connectivity index (χ0v) is 8.27. The maximum atomic E-state index is 5.66. The van der Waals surface area contributed by atoms with Gasteiger partial charge in [-0.2, -0.15) is 0 Å². The molecule has 0 atom stereocenters. The van der Waals surface area contributed by atoms with Gasteiger partial charge in [-0.1, -0.05) is 20.3 Å². The van der Waals surface area contributed by atoms with E-state index in [-0.39, 0.29) is 0 Å². The number of hydrogen-bond acceptors (Lipinski definition) is 1. The molecule has 0 aromatic heterocycles. The molecule has 0 aliphatic heterocycles. The summed E-state index contributed by atoms with van der Waals surface area (Å²) >= 11 is 0. The van der Waals surface area contributed by atoms with E-state index in [1.807, 2.05) is 0 Å². The monoisotopic (exact) mass is 168 g/mol. The third-order valence-corrected chi connectivity index (χ3v) is 3.14. The SMILES string of the molecule is CCC(N)=NCC1(CC)CCC1. The lowest BCUT2D eigenvalue weighted by molar-refractivity contribution is 0.139.